The van der Waals surface area contributed by atoms with E-state index in [2.05, 4.69) is 4.72 Å². The SMILES string of the molecule is Cc1ccc(S(=O)(=O)NC(C(=O)OCC(=O)N(C)Cc2ccccc2)C(C)O)cc1. The molecule has 0 heterocycles. The Balaban J connectivity index is 1.98. The average molecular weight is 435 g/mol. The first kappa shape index (κ1) is 23.5. The molecule has 2 N–H and O–H groups in total. The maximum atomic E-state index is 12.5. The molecule has 0 bridgehead atoms. The van der Waals surface area contributed by atoms with E-state index in [9.17, 15) is 23.1 Å². The van der Waals surface area contributed by atoms with E-state index in [0.717, 1.165) is 11.1 Å². The molecule has 30 heavy (non-hydrogen) atoms. The predicted molar refractivity (Wildman–Crippen MR) is 111 cm³/mol. The summed E-state index contributed by atoms with van der Waals surface area (Å²) in [6, 6.07) is 13.7. The van der Waals surface area contributed by atoms with E-state index in [4.69, 9.17) is 4.74 Å². The molecule has 8 nitrogen and oxygen atoms in total. The number of aliphatic hydroxyl groups excluding tert-OH is 1. The standard InChI is InChI=1S/C21H26N2O6S/c1-15-9-11-18(12-10-15)30(27,28)22-20(16(2)24)21(26)29-14-19(25)23(3)13-17-7-5-4-6-8-17/h4-12,16,20,22,24H,13-14H2,1-3H3. The number of esters is 1. The van der Waals surface area contributed by atoms with Crippen LogP contribution in [0.2, 0.25) is 0 Å². The number of nitrogens with one attached hydrogen (secondary N) is 1. The van der Waals surface area contributed by atoms with E-state index in [-0.39, 0.29) is 4.90 Å². The summed E-state index contributed by atoms with van der Waals surface area (Å²) < 4.78 is 32.1. The summed E-state index contributed by atoms with van der Waals surface area (Å²) in [6.45, 7) is 2.83. The number of ether oxygens (including phenoxy) is 1. The maximum absolute atomic E-state index is 12.5. The van der Waals surface area contributed by atoms with Crippen LogP contribution in [0.4, 0.5) is 0 Å². The van der Waals surface area contributed by atoms with Gasteiger partial charge < -0.3 is 14.7 Å². The fourth-order valence-corrected chi connectivity index (χ4v) is 3.83. The molecule has 0 aliphatic carbocycles. The summed E-state index contributed by atoms with van der Waals surface area (Å²) in [4.78, 5) is 25.9. The highest BCUT2D eigenvalue weighted by Crippen LogP contribution is 2.12. The molecule has 0 aliphatic heterocycles. The summed E-state index contributed by atoms with van der Waals surface area (Å²) in [5, 5.41) is 9.88. The lowest BCUT2D eigenvalue weighted by Crippen LogP contribution is -2.49. The molecule has 2 atom stereocenters. The van der Waals surface area contributed by atoms with Crippen molar-refractivity contribution in [1.29, 1.82) is 0 Å². The Morgan fingerprint density at radius 2 is 1.70 bits per heavy atom. The van der Waals surface area contributed by atoms with Crippen molar-refractivity contribution in [3.8, 4) is 0 Å². The van der Waals surface area contributed by atoms with E-state index in [1.54, 1.807) is 19.2 Å². The molecule has 0 saturated carbocycles. The van der Waals surface area contributed by atoms with Gasteiger partial charge in [0, 0.05) is 13.6 Å². The third-order valence-corrected chi connectivity index (χ3v) is 5.83. The Labute approximate surface area is 176 Å². The highest BCUT2D eigenvalue weighted by atomic mass is 32.2. The van der Waals surface area contributed by atoms with Gasteiger partial charge in [-0.25, -0.2) is 8.42 Å². The Kier molecular flexibility index (Phi) is 8.10. The molecule has 0 saturated heterocycles. The van der Waals surface area contributed by atoms with Crippen molar-refractivity contribution in [2.24, 2.45) is 0 Å². The van der Waals surface area contributed by atoms with Gasteiger partial charge in [0.15, 0.2) is 6.61 Å². The summed E-state index contributed by atoms with van der Waals surface area (Å²) in [5.74, 6) is -1.50. The third-order valence-electron chi connectivity index (χ3n) is 4.38. The molecule has 1 amide bonds. The van der Waals surface area contributed by atoms with Crippen LogP contribution in [0.1, 0.15) is 18.1 Å². The van der Waals surface area contributed by atoms with Crippen LogP contribution in [0.15, 0.2) is 59.5 Å². The first-order chi connectivity index (χ1) is 14.1. The van der Waals surface area contributed by atoms with Crippen molar-refractivity contribution in [3.05, 3.63) is 65.7 Å². The molecule has 0 aliphatic rings. The van der Waals surface area contributed by atoms with E-state index in [0.29, 0.717) is 6.54 Å². The van der Waals surface area contributed by atoms with Crippen molar-refractivity contribution in [2.45, 2.75) is 37.4 Å². The van der Waals surface area contributed by atoms with Gasteiger partial charge in [0.05, 0.1) is 11.0 Å². The number of hydrogen-bond donors (Lipinski definition) is 2. The number of sulfonamides is 1. The van der Waals surface area contributed by atoms with Gasteiger partial charge in [-0.05, 0) is 31.5 Å². The topological polar surface area (TPSA) is 113 Å². The van der Waals surface area contributed by atoms with Crippen LogP contribution in [-0.2, 0) is 30.9 Å². The van der Waals surface area contributed by atoms with E-state index in [1.807, 2.05) is 37.3 Å². The highest BCUT2D eigenvalue weighted by Gasteiger charge is 2.31. The van der Waals surface area contributed by atoms with Crippen LogP contribution in [0.25, 0.3) is 0 Å². The highest BCUT2D eigenvalue weighted by molar-refractivity contribution is 7.89. The second kappa shape index (κ2) is 10.3. The lowest BCUT2D eigenvalue weighted by molar-refractivity contribution is -0.155. The molecule has 0 fully saturated rings. The number of rotatable bonds is 9. The lowest BCUT2D eigenvalue weighted by Gasteiger charge is -2.21. The van der Waals surface area contributed by atoms with Gasteiger partial charge in [-0.15, -0.1) is 0 Å². The zero-order chi connectivity index (χ0) is 22.3. The number of nitrogens with zero attached hydrogens (tertiary/aromatic N) is 1. The zero-order valence-corrected chi connectivity index (χ0v) is 17.9. The van der Waals surface area contributed by atoms with E-state index in [1.165, 1.54) is 24.0 Å². The normalized spacial score (nSPS) is 13.3. The number of carbonyl (C=O) groups is 2. The van der Waals surface area contributed by atoms with Crippen molar-refractivity contribution in [1.82, 2.24) is 9.62 Å². The maximum Gasteiger partial charge on any atom is 0.327 e. The molecule has 0 radical (unpaired) electrons. The van der Waals surface area contributed by atoms with Gasteiger partial charge in [0.2, 0.25) is 10.0 Å². The Hall–Kier alpha value is -2.75. The van der Waals surface area contributed by atoms with Gasteiger partial charge >= 0.3 is 5.97 Å². The molecule has 162 valence electrons. The van der Waals surface area contributed by atoms with Crippen molar-refractivity contribution in [2.75, 3.05) is 13.7 Å². The molecular weight excluding hydrogens is 408 g/mol. The Morgan fingerprint density at radius 3 is 2.27 bits per heavy atom. The van der Waals surface area contributed by atoms with Gasteiger partial charge in [-0.2, -0.15) is 4.72 Å². The quantitative estimate of drug-likeness (QED) is 0.574. The first-order valence-corrected chi connectivity index (χ1v) is 10.8. The molecule has 0 aromatic heterocycles. The Morgan fingerprint density at radius 1 is 1.10 bits per heavy atom. The first-order valence-electron chi connectivity index (χ1n) is 9.32. The minimum atomic E-state index is -4.07. The van der Waals surface area contributed by atoms with E-state index < -0.39 is 40.7 Å². The Bertz CT molecular complexity index is 959. The minimum absolute atomic E-state index is 0.0507. The number of amides is 1. The van der Waals surface area contributed by atoms with Crippen LogP contribution in [-0.4, -0.2) is 56.1 Å². The van der Waals surface area contributed by atoms with Crippen LogP contribution < -0.4 is 4.72 Å². The molecule has 9 heteroatoms. The summed E-state index contributed by atoms with van der Waals surface area (Å²) in [6.07, 6.45) is -1.37. The predicted octanol–water partition coefficient (Wildman–Crippen LogP) is 1.22. The average Bonchev–Trinajstić information content (AvgIpc) is 2.70. The minimum Gasteiger partial charge on any atom is -0.454 e. The number of aryl methyl sites for hydroxylation is 1. The molecular formula is C21H26N2O6S. The smallest absolute Gasteiger partial charge is 0.327 e. The molecule has 2 unspecified atom stereocenters. The number of carbonyl (C=O) groups excluding carboxylic acids is 2. The van der Waals surface area contributed by atoms with Crippen LogP contribution in [0.5, 0.6) is 0 Å². The van der Waals surface area contributed by atoms with Crippen molar-refractivity contribution < 1.29 is 27.9 Å². The number of aliphatic hydroxyl groups is 1. The lowest BCUT2D eigenvalue weighted by atomic mass is 10.2. The van der Waals surface area contributed by atoms with Crippen LogP contribution in [0, 0.1) is 6.92 Å². The third kappa shape index (κ3) is 6.65. The number of likely N-dealkylation sites (N-methyl/N-ethyl adjacent to an activating group) is 1. The van der Waals surface area contributed by atoms with Gasteiger partial charge in [0.25, 0.3) is 5.91 Å². The van der Waals surface area contributed by atoms with Crippen LogP contribution in [0.3, 0.4) is 0 Å². The van der Waals surface area contributed by atoms with Crippen molar-refractivity contribution in [3.63, 3.8) is 0 Å². The summed E-state index contributed by atoms with van der Waals surface area (Å²) >= 11 is 0. The number of benzene rings is 2. The fourth-order valence-electron chi connectivity index (χ4n) is 2.57. The largest absolute Gasteiger partial charge is 0.454 e. The zero-order valence-electron chi connectivity index (χ0n) is 17.1. The molecule has 2 rings (SSSR count). The van der Waals surface area contributed by atoms with Crippen LogP contribution >= 0.6 is 0 Å². The van der Waals surface area contributed by atoms with Gasteiger partial charge in [-0.1, -0.05) is 48.0 Å². The monoisotopic (exact) mass is 434 g/mol. The second-order valence-electron chi connectivity index (χ2n) is 7.00. The van der Waals surface area contributed by atoms with E-state index >= 15 is 0 Å². The summed E-state index contributed by atoms with van der Waals surface area (Å²) in [7, 11) is -2.50. The molecule has 0 spiro atoms. The molecule has 2 aromatic carbocycles. The molecule has 2 aromatic rings. The van der Waals surface area contributed by atoms with Gasteiger partial charge in [-0.3, -0.25) is 9.59 Å². The van der Waals surface area contributed by atoms with Crippen molar-refractivity contribution >= 4 is 21.9 Å². The summed E-state index contributed by atoms with van der Waals surface area (Å²) in [5.41, 5.74) is 1.78. The van der Waals surface area contributed by atoms with Gasteiger partial charge in [0.1, 0.15) is 6.04 Å². The number of hydrogen-bond acceptors (Lipinski definition) is 6. The fraction of sp³-hybridized carbons (Fsp3) is 0.333. The second-order valence-corrected chi connectivity index (χ2v) is 8.71.